The van der Waals surface area contributed by atoms with Crippen molar-refractivity contribution in [2.24, 2.45) is 0 Å². The van der Waals surface area contributed by atoms with E-state index in [2.05, 4.69) is 5.32 Å². The Kier molecular flexibility index (Phi) is 3.32. The summed E-state index contributed by atoms with van der Waals surface area (Å²) in [6.45, 7) is 0.908. The number of aromatic carboxylic acids is 1. The summed E-state index contributed by atoms with van der Waals surface area (Å²) in [6.07, 6.45) is 0.596. The number of hydrogen-bond donors (Lipinski definition) is 2. The Balaban J connectivity index is 1.84. The van der Waals surface area contributed by atoms with Crippen molar-refractivity contribution in [1.29, 1.82) is 0 Å². The number of rotatable bonds is 2. The molecule has 1 atom stereocenters. The molecule has 2 N–H and O–H groups in total. The molecule has 1 saturated heterocycles. The van der Waals surface area contributed by atoms with Crippen LogP contribution in [0.25, 0.3) is 0 Å². The lowest BCUT2D eigenvalue weighted by molar-refractivity contribution is 0.0694. The van der Waals surface area contributed by atoms with Crippen LogP contribution in [0.3, 0.4) is 0 Å². The molecule has 1 unspecified atom stereocenters. The summed E-state index contributed by atoms with van der Waals surface area (Å²) in [5.41, 5.74) is 3.04. The summed E-state index contributed by atoms with van der Waals surface area (Å²) < 4.78 is 5.90. The quantitative estimate of drug-likeness (QED) is 0.759. The fourth-order valence-corrected chi connectivity index (χ4v) is 4.16. The van der Waals surface area contributed by atoms with Gasteiger partial charge in [0.2, 0.25) is 0 Å². The summed E-state index contributed by atoms with van der Waals surface area (Å²) in [5, 5.41) is 13.1. The van der Waals surface area contributed by atoms with Crippen LogP contribution in [-0.4, -0.2) is 23.4 Å². The fourth-order valence-electron chi connectivity index (χ4n) is 3.07. The van der Waals surface area contributed by atoms with Gasteiger partial charge in [-0.1, -0.05) is 24.3 Å². The maximum absolute atomic E-state index is 11.9. The summed E-state index contributed by atoms with van der Waals surface area (Å²) in [4.78, 5) is 11.9. The molecule has 0 bridgehead atoms. The van der Waals surface area contributed by atoms with E-state index in [4.69, 9.17) is 4.74 Å². The molecule has 2 aliphatic heterocycles. The molecule has 0 aliphatic carbocycles. The van der Waals surface area contributed by atoms with Crippen LogP contribution in [0.15, 0.2) is 36.4 Å². The summed E-state index contributed by atoms with van der Waals surface area (Å²) in [7, 11) is 0. The van der Waals surface area contributed by atoms with E-state index >= 15 is 0 Å². The van der Waals surface area contributed by atoms with Crippen molar-refractivity contribution < 1.29 is 14.6 Å². The molecular formula is C17H15NO3S. The zero-order valence-electron chi connectivity index (χ0n) is 11.8. The number of benzene rings is 2. The molecule has 0 spiro atoms. The summed E-state index contributed by atoms with van der Waals surface area (Å²) >= 11 is 1.75. The Labute approximate surface area is 132 Å². The average molecular weight is 313 g/mol. The lowest BCUT2D eigenvalue weighted by atomic mass is 9.92. The normalized spacial score (nSPS) is 19.2. The van der Waals surface area contributed by atoms with Crippen LogP contribution in [0, 0.1) is 0 Å². The van der Waals surface area contributed by atoms with E-state index in [1.165, 1.54) is 0 Å². The first-order valence-corrected chi connectivity index (χ1v) is 8.29. The molecule has 112 valence electrons. The molecule has 5 heteroatoms. The zero-order valence-corrected chi connectivity index (χ0v) is 12.7. The molecule has 2 aromatic rings. The van der Waals surface area contributed by atoms with E-state index < -0.39 is 5.97 Å². The summed E-state index contributed by atoms with van der Waals surface area (Å²) in [5.74, 6) is 1.58. The molecule has 22 heavy (non-hydrogen) atoms. The molecule has 1 fully saturated rings. The molecule has 4 rings (SSSR count). The number of hydrogen-bond acceptors (Lipinski definition) is 4. The first kappa shape index (κ1) is 13.7. The zero-order chi connectivity index (χ0) is 15.1. The van der Waals surface area contributed by atoms with Gasteiger partial charge in [0.05, 0.1) is 10.9 Å². The number of fused-ring (bicyclic) bond motifs is 2. The Hall–Kier alpha value is -1.98. The number of para-hydroxylation sites is 1. The number of thioether (sulfide) groups is 1. The fraction of sp³-hybridized carbons (Fsp3) is 0.235. The predicted molar refractivity (Wildman–Crippen MR) is 85.9 cm³/mol. The predicted octanol–water partition coefficient (Wildman–Crippen LogP) is 3.42. The van der Waals surface area contributed by atoms with Crippen LogP contribution in [0.4, 0.5) is 0 Å². The van der Waals surface area contributed by atoms with Gasteiger partial charge in [0.15, 0.2) is 0 Å². The molecule has 2 aromatic carbocycles. The maximum Gasteiger partial charge on any atom is 0.336 e. The number of carbonyl (C=O) groups is 1. The van der Waals surface area contributed by atoms with Gasteiger partial charge in [-0.3, -0.25) is 0 Å². The second-order valence-electron chi connectivity index (χ2n) is 5.40. The molecule has 0 amide bonds. The summed E-state index contributed by atoms with van der Waals surface area (Å²) in [6, 6.07) is 11.6. The Morgan fingerprint density at radius 1 is 1.23 bits per heavy atom. The Bertz CT molecular complexity index is 754. The van der Waals surface area contributed by atoms with Crippen molar-refractivity contribution in [1.82, 2.24) is 5.32 Å². The maximum atomic E-state index is 11.9. The SMILES string of the molecule is O=C(O)c1c(C2NCCS2)ccc2c1Cc1ccccc1O2. The van der Waals surface area contributed by atoms with Crippen LogP contribution in [0.5, 0.6) is 11.5 Å². The molecule has 0 aromatic heterocycles. The van der Waals surface area contributed by atoms with Gasteiger partial charge in [-0.25, -0.2) is 4.79 Å². The molecule has 0 radical (unpaired) electrons. The van der Waals surface area contributed by atoms with Gasteiger partial charge in [-0.2, -0.15) is 0 Å². The highest BCUT2D eigenvalue weighted by molar-refractivity contribution is 7.99. The van der Waals surface area contributed by atoms with E-state index in [0.29, 0.717) is 17.7 Å². The second-order valence-corrected chi connectivity index (χ2v) is 6.62. The molecular weight excluding hydrogens is 298 g/mol. The van der Waals surface area contributed by atoms with E-state index in [0.717, 1.165) is 34.7 Å². The molecule has 0 saturated carbocycles. The van der Waals surface area contributed by atoms with E-state index in [9.17, 15) is 9.90 Å². The highest BCUT2D eigenvalue weighted by Gasteiger charge is 2.29. The number of nitrogens with one attached hydrogen (secondary N) is 1. The monoisotopic (exact) mass is 313 g/mol. The van der Waals surface area contributed by atoms with E-state index in [1.807, 2.05) is 36.4 Å². The minimum Gasteiger partial charge on any atom is -0.478 e. The van der Waals surface area contributed by atoms with Crippen LogP contribution in [0.2, 0.25) is 0 Å². The van der Waals surface area contributed by atoms with Gasteiger partial charge in [0, 0.05) is 24.3 Å². The van der Waals surface area contributed by atoms with Crippen molar-refractivity contribution in [3.8, 4) is 11.5 Å². The highest BCUT2D eigenvalue weighted by atomic mass is 32.2. The van der Waals surface area contributed by atoms with Crippen molar-refractivity contribution in [3.05, 3.63) is 58.7 Å². The van der Waals surface area contributed by atoms with E-state index in [-0.39, 0.29) is 5.37 Å². The minimum absolute atomic E-state index is 0.0496. The van der Waals surface area contributed by atoms with Crippen LogP contribution in [-0.2, 0) is 6.42 Å². The second kappa shape index (κ2) is 5.34. The standard InChI is InChI=1S/C17H15NO3S/c19-17(20)15-11(16-18-7-8-22-16)5-6-14-12(15)9-10-3-1-2-4-13(10)21-14/h1-6,16,18H,7-9H2,(H,19,20). The Morgan fingerprint density at radius 2 is 2.09 bits per heavy atom. The molecule has 4 nitrogen and oxygen atoms in total. The van der Waals surface area contributed by atoms with Crippen LogP contribution < -0.4 is 10.1 Å². The first-order chi connectivity index (χ1) is 10.7. The highest BCUT2D eigenvalue weighted by Crippen LogP contribution is 2.42. The first-order valence-electron chi connectivity index (χ1n) is 7.24. The average Bonchev–Trinajstić information content (AvgIpc) is 3.05. The number of carboxylic acid groups (broad SMARTS) is 1. The number of carboxylic acids is 1. The smallest absolute Gasteiger partial charge is 0.336 e. The van der Waals surface area contributed by atoms with Gasteiger partial charge < -0.3 is 15.2 Å². The van der Waals surface area contributed by atoms with E-state index in [1.54, 1.807) is 11.8 Å². The lowest BCUT2D eigenvalue weighted by Gasteiger charge is -2.24. The Morgan fingerprint density at radius 3 is 2.86 bits per heavy atom. The molecule has 2 heterocycles. The van der Waals surface area contributed by atoms with Gasteiger partial charge in [-0.15, -0.1) is 11.8 Å². The lowest BCUT2D eigenvalue weighted by Crippen LogP contribution is -2.18. The minimum atomic E-state index is -0.885. The van der Waals surface area contributed by atoms with Crippen LogP contribution >= 0.6 is 11.8 Å². The number of ether oxygens (including phenoxy) is 1. The largest absolute Gasteiger partial charge is 0.478 e. The topological polar surface area (TPSA) is 58.6 Å². The van der Waals surface area contributed by atoms with Crippen molar-refractivity contribution in [2.45, 2.75) is 11.8 Å². The van der Waals surface area contributed by atoms with Gasteiger partial charge in [0.1, 0.15) is 11.5 Å². The van der Waals surface area contributed by atoms with Crippen molar-refractivity contribution in [3.63, 3.8) is 0 Å². The third kappa shape index (κ3) is 2.17. The van der Waals surface area contributed by atoms with Gasteiger partial charge >= 0.3 is 5.97 Å². The van der Waals surface area contributed by atoms with Crippen LogP contribution in [0.1, 0.15) is 32.4 Å². The molecule has 2 aliphatic rings. The van der Waals surface area contributed by atoms with Gasteiger partial charge in [-0.05, 0) is 23.3 Å². The third-order valence-electron chi connectivity index (χ3n) is 4.07. The van der Waals surface area contributed by atoms with Crippen molar-refractivity contribution in [2.75, 3.05) is 12.3 Å². The third-order valence-corrected chi connectivity index (χ3v) is 5.27. The van der Waals surface area contributed by atoms with Gasteiger partial charge in [0.25, 0.3) is 0 Å². The van der Waals surface area contributed by atoms with Crippen molar-refractivity contribution >= 4 is 17.7 Å².